The van der Waals surface area contributed by atoms with Crippen molar-refractivity contribution in [1.29, 1.82) is 0 Å². The van der Waals surface area contributed by atoms with Crippen LogP contribution in [0.15, 0.2) is 29.3 Å². The number of halogens is 4. The first kappa shape index (κ1) is 11.5. The maximum absolute atomic E-state index is 12.1. The van der Waals surface area contributed by atoms with Crippen molar-refractivity contribution in [2.75, 3.05) is 12.4 Å². The van der Waals surface area contributed by atoms with Crippen molar-refractivity contribution >= 4 is 17.1 Å². The molecule has 0 amide bonds. The van der Waals surface area contributed by atoms with Crippen LogP contribution in [0.4, 0.5) is 28.9 Å². The van der Waals surface area contributed by atoms with Crippen molar-refractivity contribution in [1.82, 2.24) is 0 Å². The van der Waals surface area contributed by atoms with E-state index in [1.54, 1.807) is 0 Å². The summed E-state index contributed by atoms with van der Waals surface area (Å²) in [5.74, 6) is 0. The van der Waals surface area contributed by atoms with Crippen LogP contribution in [0, 0.1) is 0 Å². The first-order chi connectivity index (χ1) is 6.93. The second-order valence-corrected chi connectivity index (χ2v) is 2.78. The number of alkyl halides is 4. The Hall–Kier alpha value is -1.59. The zero-order valence-corrected chi connectivity index (χ0v) is 7.55. The van der Waals surface area contributed by atoms with Crippen LogP contribution in [0.2, 0.25) is 0 Å². The third-order valence-electron chi connectivity index (χ3n) is 1.61. The molecule has 0 aliphatic carbocycles. The Morgan fingerprint density at radius 3 is 2.13 bits per heavy atom. The van der Waals surface area contributed by atoms with Crippen LogP contribution >= 0.6 is 0 Å². The molecule has 6 heteroatoms. The highest BCUT2D eigenvalue weighted by Crippen LogP contribution is 2.22. The summed E-state index contributed by atoms with van der Waals surface area (Å²) in [7, 11) is 0. The second-order valence-electron chi connectivity index (χ2n) is 2.78. The van der Waals surface area contributed by atoms with E-state index >= 15 is 0 Å². The molecule has 0 spiro atoms. The first-order valence-electron chi connectivity index (χ1n) is 4.00. The lowest BCUT2D eigenvalue weighted by Crippen LogP contribution is -2.24. The van der Waals surface area contributed by atoms with Gasteiger partial charge in [-0.3, -0.25) is 0 Å². The smallest absolute Gasteiger partial charge is 0.399 e. The maximum Gasteiger partial charge on any atom is 0.432 e. The molecule has 0 atom stereocenters. The third-order valence-corrected chi connectivity index (χ3v) is 1.61. The van der Waals surface area contributed by atoms with E-state index < -0.39 is 18.6 Å². The Bertz CT molecular complexity index is 353. The Kier molecular flexibility index (Phi) is 3.28. The van der Waals surface area contributed by atoms with Gasteiger partial charge in [-0.25, -0.2) is 9.38 Å². The molecule has 1 rings (SSSR count). The summed E-state index contributed by atoms with van der Waals surface area (Å²) in [4.78, 5) is 3.15. The summed E-state index contributed by atoms with van der Waals surface area (Å²) in [6, 6.07) is 5.36. The summed E-state index contributed by atoms with van der Waals surface area (Å²) in [6.45, 7) is -1.64. The molecule has 0 aromatic heterocycles. The highest BCUT2D eigenvalue weighted by molar-refractivity contribution is 5.92. The van der Waals surface area contributed by atoms with Gasteiger partial charge in [0.2, 0.25) is 0 Å². The fraction of sp³-hybridized carbons (Fsp3) is 0.222. The molecule has 0 heterocycles. The second kappa shape index (κ2) is 4.29. The lowest BCUT2D eigenvalue weighted by Gasteiger charge is -2.06. The minimum Gasteiger partial charge on any atom is -0.399 e. The highest BCUT2D eigenvalue weighted by atomic mass is 19.4. The number of rotatable bonds is 2. The highest BCUT2D eigenvalue weighted by Gasteiger charge is 2.35. The van der Waals surface area contributed by atoms with Gasteiger partial charge in [-0.2, -0.15) is 13.2 Å². The number of hydrogen-bond acceptors (Lipinski definition) is 2. The minimum atomic E-state index is -4.74. The number of hydrogen-bond donors (Lipinski definition) is 1. The van der Waals surface area contributed by atoms with Gasteiger partial charge in [-0.15, -0.1) is 0 Å². The van der Waals surface area contributed by atoms with Crippen molar-refractivity contribution in [3.63, 3.8) is 0 Å². The van der Waals surface area contributed by atoms with E-state index in [2.05, 4.69) is 4.99 Å². The fourth-order valence-corrected chi connectivity index (χ4v) is 0.874. The number of benzene rings is 1. The normalized spacial score (nSPS) is 12.9. The van der Waals surface area contributed by atoms with Crippen molar-refractivity contribution < 1.29 is 17.6 Å². The van der Waals surface area contributed by atoms with Crippen LogP contribution < -0.4 is 5.73 Å². The predicted octanol–water partition coefficient (Wildman–Crippen LogP) is 2.87. The first-order valence-corrected chi connectivity index (χ1v) is 4.00. The third kappa shape index (κ3) is 3.23. The number of nitrogen functional groups attached to an aromatic ring is 1. The summed E-state index contributed by atoms with van der Waals surface area (Å²) >= 11 is 0. The van der Waals surface area contributed by atoms with Crippen molar-refractivity contribution in [3.05, 3.63) is 24.3 Å². The molecule has 0 radical (unpaired) electrons. The molecule has 15 heavy (non-hydrogen) atoms. The van der Waals surface area contributed by atoms with Gasteiger partial charge in [0.1, 0.15) is 6.67 Å². The summed E-state index contributed by atoms with van der Waals surface area (Å²) in [5, 5.41) is 0. The quantitative estimate of drug-likeness (QED) is 0.464. The molecular weight excluding hydrogens is 212 g/mol. The van der Waals surface area contributed by atoms with Gasteiger partial charge in [-0.05, 0) is 24.3 Å². The minimum absolute atomic E-state index is 0.0224. The molecule has 0 saturated carbocycles. The predicted molar refractivity (Wildman–Crippen MR) is 50.0 cm³/mol. The van der Waals surface area contributed by atoms with E-state index in [1.807, 2.05) is 0 Å². The zero-order chi connectivity index (χ0) is 11.5. The largest absolute Gasteiger partial charge is 0.432 e. The maximum atomic E-state index is 12.1. The number of anilines is 1. The topological polar surface area (TPSA) is 38.4 Å². The van der Waals surface area contributed by atoms with Gasteiger partial charge < -0.3 is 5.73 Å². The molecule has 0 aliphatic heterocycles. The van der Waals surface area contributed by atoms with Gasteiger partial charge in [0, 0.05) is 5.69 Å². The van der Waals surface area contributed by atoms with Crippen molar-refractivity contribution in [2.24, 2.45) is 4.99 Å². The number of nitrogens with zero attached hydrogens (tertiary/aromatic N) is 1. The summed E-state index contributed by atoms with van der Waals surface area (Å²) in [6.07, 6.45) is -4.74. The molecule has 0 bridgehead atoms. The summed E-state index contributed by atoms with van der Waals surface area (Å²) in [5.41, 5.74) is 4.31. The van der Waals surface area contributed by atoms with Gasteiger partial charge in [0.05, 0.1) is 5.69 Å². The van der Waals surface area contributed by atoms with E-state index in [0.29, 0.717) is 5.69 Å². The van der Waals surface area contributed by atoms with E-state index in [4.69, 9.17) is 5.73 Å². The average molecular weight is 220 g/mol. The fourth-order valence-electron chi connectivity index (χ4n) is 0.874. The van der Waals surface area contributed by atoms with Crippen LogP contribution in [0.25, 0.3) is 0 Å². The molecular formula is C9H8F4N2. The molecule has 82 valence electrons. The van der Waals surface area contributed by atoms with Crippen molar-refractivity contribution in [3.8, 4) is 0 Å². The Labute approximate surface area is 83.4 Å². The molecule has 0 fully saturated rings. The Balaban J connectivity index is 2.99. The molecule has 0 unspecified atom stereocenters. The number of aliphatic imine (C=N–C) groups is 1. The molecule has 2 nitrogen and oxygen atoms in total. The molecule has 1 aromatic rings. The van der Waals surface area contributed by atoms with E-state index in [0.717, 1.165) is 0 Å². The molecule has 2 N–H and O–H groups in total. The number of nitrogens with two attached hydrogens (primary N) is 1. The Morgan fingerprint density at radius 1 is 1.20 bits per heavy atom. The molecule has 1 aromatic carbocycles. The lowest BCUT2D eigenvalue weighted by atomic mass is 10.3. The van der Waals surface area contributed by atoms with E-state index in [1.165, 1.54) is 24.3 Å². The molecule has 0 saturated heterocycles. The van der Waals surface area contributed by atoms with E-state index in [9.17, 15) is 17.6 Å². The van der Waals surface area contributed by atoms with Crippen LogP contribution in [0.1, 0.15) is 0 Å². The van der Waals surface area contributed by atoms with Crippen LogP contribution in [-0.4, -0.2) is 18.6 Å². The van der Waals surface area contributed by atoms with Crippen molar-refractivity contribution in [2.45, 2.75) is 6.18 Å². The monoisotopic (exact) mass is 220 g/mol. The van der Waals surface area contributed by atoms with Gasteiger partial charge in [-0.1, -0.05) is 0 Å². The van der Waals surface area contributed by atoms with Crippen LogP contribution in [-0.2, 0) is 0 Å². The SMILES string of the molecule is Nc1ccc(N=C(CF)C(F)(F)F)cc1. The van der Waals surface area contributed by atoms with Gasteiger partial charge >= 0.3 is 6.18 Å². The van der Waals surface area contributed by atoms with Crippen LogP contribution in [0.3, 0.4) is 0 Å². The van der Waals surface area contributed by atoms with Crippen LogP contribution in [0.5, 0.6) is 0 Å². The summed E-state index contributed by atoms with van der Waals surface area (Å²) < 4.78 is 48.3. The Morgan fingerprint density at radius 2 is 1.73 bits per heavy atom. The standard InChI is InChI=1S/C9H8F4N2/c10-5-8(9(11,12)13)15-7-3-1-6(14)2-4-7/h1-4H,5,14H2. The average Bonchev–Trinajstić information content (AvgIpc) is 2.15. The lowest BCUT2D eigenvalue weighted by molar-refractivity contribution is -0.0609. The molecule has 0 aliphatic rings. The zero-order valence-electron chi connectivity index (χ0n) is 7.55. The van der Waals surface area contributed by atoms with Gasteiger partial charge in [0.15, 0.2) is 5.71 Å². The van der Waals surface area contributed by atoms with E-state index in [-0.39, 0.29) is 5.69 Å². The van der Waals surface area contributed by atoms with Gasteiger partial charge in [0.25, 0.3) is 0 Å².